The first kappa shape index (κ1) is 20.6. The first-order valence-electron chi connectivity index (χ1n) is 9.05. The molecule has 2 rings (SSSR count). The minimum Gasteiger partial charge on any atom is -0.492 e. The summed E-state index contributed by atoms with van der Waals surface area (Å²) in [4.78, 5) is 12.5. The molecule has 0 spiro atoms. The molecular weight excluding hydrogens is 342 g/mol. The van der Waals surface area contributed by atoms with Gasteiger partial charge in [0.15, 0.2) is 5.75 Å². The molecule has 0 amide bonds. The molecule has 0 saturated heterocycles. The molecule has 5 nitrogen and oxygen atoms in total. The Morgan fingerprint density at radius 1 is 1.07 bits per heavy atom. The number of rotatable bonds is 8. The van der Waals surface area contributed by atoms with Gasteiger partial charge in [0.1, 0.15) is 12.4 Å². The van der Waals surface area contributed by atoms with Crippen LogP contribution in [0.15, 0.2) is 46.3 Å². The highest BCUT2D eigenvalue weighted by Gasteiger charge is 2.17. The van der Waals surface area contributed by atoms with E-state index in [1.807, 2.05) is 18.2 Å². The fourth-order valence-electron chi connectivity index (χ4n) is 2.91. The van der Waals surface area contributed by atoms with E-state index < -0.39 is 0 Å². The van der Waals surface area contributed by atoms with Crippen molar-refractivity contribution in [3.63, 3.8) is 0 Å². The molecule has 0 aliphatic carbocycles. The average molecular weight is 371 g/mol. The number of hydrogen-bond acceptors (Lipinski definition) is 4. The number of fused-ring (bicyclic) bond motifs is 1. The standard InChI is InChI=1S/C22H29NO4/c1-15(2)8-7-9-16(3)12-13-27-17-10-11-18-19(14-17)23(4)22(24)21(26-6)20(18)25-5/h8,10-12,14H,7,9,13H2,1-6H3/b16-12+. The zero-order valence-electron chi connectivity index (χ0n) is 17.1. The molecule has 0 saturated carbocycles. The number of aryl methyl sites for hydroxylation is 1. The number of allylic oxidation sites excluding steroid dienone is 3. The van der Waals surface area contributed by atoms with Crippen molar-refractivity contribution in [1.29, 1.82) is 0 Å². The summed E-state index contributed by atoms with van der Waals surface area (Å²) in [5.74, 6) is 1.35. The molecule has 0 N–H and O–H groups in total. The second kappa shape index (κ2) is 9.31. The van der Waals surface area contributed by atoms with Crippen LogP contribution in [0.1, 0.15) is 33.6 Å². The summed E-state index contributed by atoms with van der Waals surface area (Å²) in [5, 5.41) is 0.803. The normalized spacial score (nSPS) is 11.4. The molecule has 0 aliphatic heterocycles. The number of pyridine rings is 1. The lowest BCUT2D eigenvalue weighted by Crippen LogP contribution is -2.19. The highest BCUT2D eigenvalue weighted by atomic mass is 16.5. The van der Waals surface area contributed by atoms with E-state index in [0.29, 0.717) is 18.1 Å². The quantitative estimate of drug-likeness (QED) is 0.635. The van der Waals surface area contributed by atoms with Crippen molar-refractivity contribution in [2.75, 3.05) is 20.8 Å². The first-order valence-corrected chi connectivity index (χ1v) is 9.05. The maximum atomic E-state index is 12.5. The average Bonchev–Trinajstić information content (AvgIpc) is 2.64. The molecule has 27 heavy (non-hydrogen) atoms. The number of nitrogens with zero attached hydrogens (tertiary/aromatic N) is 1. The van der Waals surface area contributed by atoms with Crippen LogP contribution >= 0.6 is 0 Å². The third-order valence-corrected chi connectivity index (χ3v) is 4.46. The van der Waals surface area contributed by atoms with Crippen LogP contribution in [0.5, 0.6) is 17.2 Å². The van der Waals surface area contributed by atoms with Gasteiger partial charge < -0.3 is 18.8 Å². The van der Waals surface area contributed by atoms with Crippen molar-refractivity contribution in [3.05, 3.63) is 51.9 Å². The zero-order chi connectivity index (χ0) is 20.0. The largest absolute Gasteiger partial charge is 0.492 e. The van der Waals surface area contributed by atoms with Gasteiger partial charge in [0.25, 0.3) is 5.56 Å². The predicted octanol–water partition coefficient (Wildman–Crippen LogP) is 4.63. The van der Waals surface area contributed by atoms with Gasteiger partial charge in [0.2, 0.25) is 5.75 Å². The summed E-state index contributed by atoms with van der Waals surface area (Å²) >= 11 is 0. The molecule has 2 aromatic rings. The molecule has 0 atom stereocenters. The molecule has 0 bridgehead atoms. The van der Waals surface area contributed by atoms with E-state index in [4.69, 9.17) is 14.2 Å². The van der Waals surface area contributed by atoms with Crippen molar-refractivity contribution >= 4 is 10.9 Å². The molecule has 0 radical (unpaired) electrons. The van der Waals surface area contributed by atoms with Crippen molar-refractivity contribution in [2.24, 2.45) is 7.05 Å². The Bertz CT molecular complexity index is 918. The lowest BCUT2D eigenvalue weighted by molar-refractivity contribution is 0.351. The van der Waals surface area contributed by atoms with Crippen LogP contribution in [0, 0.1) is 0 Å². The summed E-state index contributed by atoms with van der Waals surface area (Å²) < 4.78 is 18.0. The van der Waals surface area contributed by atoms with Gasteiger partial charge in [0.05, 0.1) is 19.7 Å². The Hall–Kier alpha value is -2.69. The highest BCUT2D eigenvalue weighted by molar-refractivity contribution is 5.89. The molecule has 1 heterocycles. The topological polar surface area (TPSA) is 49.7 Å². The zero-order valence-corrected chi connectivity index (χ0v) is 17.1. The predicted molar refractivity (Wildman–Crippen MR) is 110 cm³/mol. The van der Waals surface area contributed by atoms with Crippen LogP contribution in [0.25, 0.3) is 10.9 Å². The molecule has 1 aromatic heterocycles. The smallest absolute Gasteiger partial charge is 0.297 e. The van der Waals surface area contributed by atoms with Gasteiger partial charge in [-0.15, -0.1) is 0 Å². The Balaban J connectivity index is 2.21. The van der Waals surface area contributed by atoms with E-state index in [1.165, 1.54) is 25.4 Å². The van der Waals surface area contributed by atoms with Crippen molar-refractivity contribution in [2.45, 2.75) is 33.6 Å². The molecule has 1 aromatic carbocycles. The minimum absolute atomic E-state index is 0.205. The number of methoxy groups -OCH3 is 2. The Morgan fingerprint density at radius 3 is 2.41 bits per heavy atom. The van der Waals surface area contributed by atoms with Gasteiger partial charge in [-0.05, 0) is 51.8 Å². The molecule has 5 heteroatoms. The Labute approximate surface area is 160 Å². The fraction of sp³-hybridized carbons (Fsp3) is 0.409. The second-order valence-electron chi connectivity index (χ2n) is 6.79. The maximum Gasteiger partial charge on any atom is 0.297 e. The van der Waals surface area contributed by atoms with E-state index in [-0.39, 0.29) is 11.3 Å². The van der Waals surface area contributed by atoms with Gasteiger partial charge in [-0.1, -0.05) is 17.2 Å². The van der Waals surface area contributed by atoms with Gasteiger partial charge in [-0.25, -0.2) is 0 Å². The summed E-state index contributed by atoms with van der Waals surface area (Å²) in [6.45, 7) is 6.83. The molecule has 0 unspecified atom stereocenters. The third kappa shape index (κ3) is 4.94. The Kier molecular flexibility index (Phi) is 7.11. The van der Waals surface area contributed by atoms with E-state index in [2.05, 4.69) is 32.9 Å². The van der Waals surface area contributed by atoms with Gasteiger partial charge in [-0.3, -0.25) is 4.79 Å². The third-order valence-electron chi connectivity index (χ3n) is 4.46. The molecular formula is C22H29NO4. The van der Waals surface area contributed by atoms with Crippen molar-refractivity contribution in [1.82, 2.24) is 4.57 Å². The molecule has 146 valence electrons. The number of hydrogen-bond donors (Lipinski definition) is 0. The highest BCUT2D eigenvalue weighted by Crippen LogP contribution is 2.33. The lowest BCUT2D eigenvalue weighted by Gasteiger charge is -2.14. The van der Waals surface area contributed by atoms with E-state index >= 15 is 0 Å². The van der Waals surface area contributed by atoms with Gasteiger partial charge in [0, 0.05) is 18.5 Å². The maximum absolute atomic E-state index is 12.5. The first-order chi connectivity index (χ1) is 12.9. The summed E-state index contributed by atoms with van der Waals surface area (Å²) in [7, 11) is 4.71. The fourth-order valence-corrected chi connectivity index (χ4v) is 2.91. The molecule has 0 aliphatic rings. The van der Waals surface area contributed by atoms with E-state index in [1.54, 1.807) is 11.6 Å². The number of benzene rings is 1. The van der Waals surface area contributed by atoms with Gasteiger partial charge >= 0.3 is 0 Å². The monoisotopic (exact) mass is 371 g/mol. The number of aromatic nitrogens is 1. The van der Waals surface area contributed by atoms with Crippen LogP contribution < -0.4 is 19.8 Å². The minimum atomic E-state index is -0.242. The van der Waals surface area contributed by atoms with Crippen molar-refractivity contribution < 1.29 is 14.2 Å². The van der Waals surface area contributed by atoms with Crippen LogP contribution in [0.2, 0.25) is 0 Å². The van der Waals surface area contributed by atoms with E-state index in [9.17, 15) is 4.79 Å². The summed E-state index contributed by atoms with van der Waals surface area (Å²) in [5.41, 5.74) is 3.13. The van der Waals surface area contributed by atoms with Crippen LogP contribution in [-0.2, 0) is 7.05 Å². The number of ether oxygens (including phenoxy) is 3. The Morgan fingerprint density at radius 2 is 1.78 bits per heavy atom. The van der Waals surface area contributed by atoms with Gasteiger partial charge in [-0.2, -0.15) is 0 Å². The molecule has 0 fully saturated rings. The summed E-state index contributed by atoms with van der Waals surface area (Å²) in [6.07, 6.45) is 6.41. The second-order valence-corrected chi connectivity index (χ2v) is 6.79. The van der Waals surface area contributed by atoms with Crippen molar-refractivity contribution in [3.8, 4) is 17.2 Å². The SMILES string of the molecule is COc1c(OC)c2ccc(OC/C=C(\C)CCC=C(C)C)cc2n(C)c1=O. The van der Waals surface area contributed by atoms with Crippen LogP contribution in [-0.4, -0.2) is 25.4 Å². The lowest BCUT2D eigenvalue weighted by atomic mass is 10.1. The summed E-state index contributed by atoms with van der Waals surface area (Å²) in [6, 6.07) is 5.61. The van der Waals surface area contributed by atoms with Crippen LogP contribution in [0.4, 0.5) is 0 Å². The van der Waals surface area contributed by atoms with E-state index in [0.717, 1.165) is 23.7 Å². The van der Waals surface area contributed by atoms with Crippen LogP contribution in [0.3, 0.4) is 0 Å².